The number of halogens is 2. The van der Waals surface area contributed by atoms with Gasteiger partial charge >= 0.3 is 0 Å². The maximum absolute atomic E-state index is 12.7. The van der Waals surface area contributed by atoms with Crippen molar-refractivity contribution in [1.82, 2.24) is 9.88 Å². The maximum Gasteiger partial charge on any atom is 0.257 e. The quantitative estimate of drug-likeness (QED) is 0.737. The van der Waals surface area contributed by atoms with E-state index < -0.39 is 0 Å². The number of ether oxygens (including phenoxy) is 2. The molecule has 0 radical (unpaired) electrons. The van der Waals surface area contributed by atoms with E-state index in [0.29, 0.717) is 36.9 Å². The van der Waals surface area contributed by atoms with Crippen LogP contribution >= 0.6 is 23.2 Å². The van der Waals surface area contributed by atoms with Crippen LogP contribution in [0.5, 0.6) is 5.75 Å². The molecule has 0 bridgehead atoms. The fourth-order valence-electron chi connectivity index (χ4n) is 2.76. The van der Waals surface area contributed by atoms with Gasteiger partial charge in [0.2, 0.25) is 0 Å². The molecule has 2 heterocycles. The summed E-state index contributed by atoms with van der Waals surface area (Å²) in [5, 5.41) is 0.928. The highest BCUT2D eigenvalue weighted by Crippen LogP contribution is 2.22. The summed E-state index contributed by atoms with van der Waals surface area (Å²) in [5.41, 5.74) is 2.14. The predicted octanol–water partition coefficient (Wildman–Crippen LogP) is 3.93. The molecule has 1 atom stereocenters. The Morgan fingerprint density at radius 2 is 2.12 bits per heavy atom. The average molecular weight is 395 g/mol. The highest BCUT2D eigenvalue weighted by Gasteiger charge is 2.27. The van der Waals surface area contributed by atoms with Crippen LogP contribution < -0.4 is 4.74 Å². The standard InChI is InChI=1S/C19H20Cl2N2O3/c1-12-9-14(4-6-17(12)20)26-11-15-10-23(7-8-25-15)19(24)16-5-3-13(2)22-18(16)21/h3-6,9,15H,7-8,10-11H2,1-2H3/t15-/m0/s1. The zero-order chi connectivity index (χ0) is 18.7. The second kappa shape index (κ2) is 8.25. The third-order valence-corrected chi connectivity index (χ3v) is 4.92. The summed E-state index contributed by atoms with van der Waals surface area (Å²) in [6.45, 7) is 5.52. The summed E-state index contributed by atoms with van der Waals surface area (Å²) in [6.07, 6.45) is -0.208. The normalized spacial score (nSPS) is 17.2. The fourth-order valence-corrected chi connectivity index (χ4v) is 3.15. The van der Waals surface area contributed by atoms with Crippen molar-refractivity contribution in [2.24, 2.45) is 0 Å². The lowest BCUT2D eigenvalue weighted by Gasteiger charge is -2.33. The number of hydrogen-bond donors (Lipinski definition) is 0. The smallest absolute Gasteiger partial charge is 0.257 e. The van der Waals surface area contributed by atoms with Gasteiger partial charge in [-0.05, 0) is 49.7 Å². The van der Waals surface area contributed by atoms with Crippen LogP contribution in [-0.4, -0.2) is 48.2 Å². The van der Waals surface area contributed by atoms with Gasteiger partial charge in [0, 0.05) is 17.3 Å². The Balaban J connectivity index is 1.61. The summed E-state index contributed by atoms with van der Waals surface area (Å²) < 4.78 is 11.5. The van der Waals surface area contributed by atoms with Gasteiger partial charge in [-0.3, -0.25) is 4.79 Å². The van der Waals surface area contributed by atoms with Crippen LogP contribution in [0.4, 0.5) is 0 Å². The van der Waals surface area contributed by atoms with Crippen LogP contribution in [0.1, 0.15) is 21.6 Å². The molecule has 0 unspecified atom stereocenters. The summed E-state index contributed by atoms with van der Waals surface area (Å²) in [6, 6.07) is 8.99. The topological polar surface area (TPSA) is 51.7 Å². The lowest BCUT2D eigenvalue weighted by Crippen LogP contribution is -2.47. The lowest BCUT2D eigenvalue weighted by atomic mass is 10.2. The van der Waals surface area contributed by atoms with Gasteiger partial charge in [-0.15, -0.1) is 0 Å². The molecule has 1 fully saturated rings. The SMILES string of the molecule is Cc1ccc(C(=O)N2CCO[C@H](COc3ccc(Cl)c(C)c3)C2)c(Cl)n1. The molecule has 1 amide bonds. The van der Waals surface area contributed by atoms with Gasteiger partial charge in [0.15, 0.2) is 0 Å². The first-order valence-electron chi connectivity index (χ1n) is 8.37. The molecule has 1 aliphatic heterocycles. The minimum Gasteiger partial charge on any atom is -0.491 e. The van der Waals surface area contributed by atoms with Crippen molar-refractivity contribution < 1.29 is 14.3 Å². The van der Waals surface area contributed by atoms with Crippen LogP contribution in [0.25, 0.3) is 0 Å². The van der Waals surface area contributed by atoms with E-state index >= 15 is 0 Å². The highest BCUT2D eigenvalue weighted by molar-refractivity contribution is 6.32. The molecule has 1 saturated heterocycles. The number of rotatable bonds is 4. The van der Waals surface area contributed by atoms with Crippen molar-refractivity contribution in [3.8, 4) is 5.75 Å². The van der Waals surface area contributed by atoms with Gasteiger partial charge < -0.3 is 14.4 Å². The molecular formula is C19H20Cl2N2O3. The first-order chi connectivity index (χ1) is 12.4. The van der Waals surface area contributed by atoms with E-state index in [1.165, 1.54) is 0 Å². The Bertz CT molecular complexity index is 813. The predicted molar refractivity (Wildman–Crippen MR) is 101 cm³/mol. The molecule has 1 aromatic carbocycles. The Hall–Kier alpha value is -1.82. The first kappa shape index (κ1) is 19.0. The van der Waals surface area contributed by atoms with Crippen molar-refractivity contribution in [3.05, 3.63) is 57.3 Å². The van der Waals surface area contributed by atoms with Gasteiger partial charge in [-0.1, -0.05) is 23.2 Å². The molecule has 1 aromatic heterocycles. The minimum absolute atomic E-state index is 0.141. The Labute approximate surface area is 162 Å². The Morgan fingerprint density at radius 1 is 1.31 bits per heavy atom. The number of benzene rings is 1. The minimum atomic E-state index is -0.208. The van der Waals surface area contributed by atoms with Gasteiger partial charge in [0.05, 0.1) is 18.7 Å². The van der Waals surface area contributed by atoms with Crippen LogP contribution in [0.3, 0.4) is 0 Å². The van der Waals surface area contributed by atoms with Crippen LogP contribution in [-0.2, 0) is 4.74 Å². The van der Waals surface area contributed by atoms with E-state index in [1.807, 2.05) is 26.0 Å². The van der Waals surface area contributed by atoms with Crippen molar-refractivity contribution >= 4 is 29.1 Å². The van der Waals surface area contributed by atoms with Gasteiger partial charge in [0.1, 0.15) is 23.6 Å². The zero-order valence-corrected chi connectivity index (χ0v) is 16.2. The molecule has 1 aliphatic rings. The number of carbonyl (C=O) groups excluding carboxylic acids is 1. The zero-order valence-electron chi connectivity index (χ0n) is 14.7. The molecule has 26 heavy (non-hydrogen) atoms. The molecule has 0 N–H and O–H groups in total. The van der Waals surface area contributed by atoms with Crippen LogP contribution in [0.2, 0.25) is 10.2 Å². The molecule has 7 heteroatoms. The number of pyridine rings is 1. The first-order valence-corrected chi connectivity index (χ1v) is 9.12. The van der Waals surface area contributed by atoms with E-state index in [1.54, 1.807) is 23.1 Å². The lowest BCUT2D eigenvalue weighted by molar-refractivity contribution is -0.0401. The Morgan fingerprint density at radius 3 is 2.85 bits per heavy atom. The maximum atomic E-state index is 12.7. The second-order valence-corrected chi connectivity index (χ2v) is 7.02. The number of aryl methyl sites for hydroxylation is 2. The molecular weight excluding hydrogens is 375 g/mol. The monoisotopic (exact) mass is 394 g/mol. The van der Waals surface area contributed by atoms with E-state index in [4.69, 9.17) is 32.7 Å². The molecule has 5 nitrogen and oxygen atoms in total. The largest absolute Gasteiger partial charge is 0.491 e. The number of aromatic nitrogens is 1. The Kier molecular flexibility index (Phi) is 6.01. The molecule has 2 aromatic rings. The number of hydrogen-bond acceptors (Lipinski definition) is 4. The van der Waals surface area contributed by atoms with Crippen LogP contribution in [0, 0.1) is 13.8 Å². The number of carbonyl (C=O) groups is 1. The highest BCUT2D eigenvalue weighted by atomic mass is 35.5. The van der Waals surface area contributed by atoms with Crippen molar-refractivity contribution in [3.63, 3.8) is 0 Å². The fraction of sp³-hybridized carbons (Fsp3) is 0.368. The second-order valence-electron chi connectivity index (χ2n) is 6.26. The van der Waals surface area contributed by atoms with Crippen molar-refractivity contribution in [2.45, 2.75) is 20.0 Å². The number of morpholine rings is 1. The third kappa shape index (κ3) is 4.47. The molecule has 3 rings (SSSR count). The van der Waals surface area contributed by atoms with Gasteiger partial charge in [0.25, 0.3) is 5.91 Å². The van der Waals surface area contributed by atoms with Crippen LogP contribution in [0.15, 0.2) is 30.3 Å². The van der Waals surface area contributed by atoms with E-state index in [2.05, 4.69) is 4.98 Å². The number of nitrogens with zero attached hydrogens (tertiary/aromatic N) is 2. The summed E-state index contributed by atoms with van der Waals surface area (Å²) in [5.74, 6) is 0.586. The van der Waals surface area contributed by atoms with Gasteiger partial charge in [-0.2, -0.15) is 0 Å². The van der Waals surface area contributed by atoms with E-state index in [-0.39, 0.29) is 17.2 Å². The molecule has 0 aliphatic carbocycles. The van der Waals surface area contributed by atoms with E-state index in [9.17, 15) is 4.79 Å². The summed E-state index contributed by atoms with van der Waals surface area (Å²) in [7, 11) is 0. The van der Waals surface area contributed by atoms with Crippen molar-refractivity contribution in [2.75, 3.05) is 26.3 Å². The third-order valence-electron chi connectivity index (χ3n) is 4.21. The molecule has 138 valence electrons. The van der Waals surface area contributed by atoms with Gasteiger partial charge in [-0.25, -0.2) is 4.98 Å². The molecule has 0 saturated carbocycles. The van der Waals surface area contributed by atoms with Crippen molar-refractivity contribution in [1.29, 1.82) is 0 Å². The summed E-state index contributed by atoms with van der Waals surface area (Å²) in [4.78, 5) is 18.6. The number of amides is 1. The summed E-state index contributed by atoms with van der Waals surface area (Å²) >= 11 is 12.1. The van der Waals surface area contributed by atoms with E-state index in [0.717, 1.165) is 17.0 Å². The average Bonchev–Trinajstić information content (AvgIpc) is 2.62. The molecule has 0 spiro atoms.